The van der Waals surface area contributed by atoms with Crippen molar-refractivity contribution in [2.24, 2.45) is 5.14 Å². The van der Waals surface area contributed by atoms with E-state index in [4.69, 9.17) is 90.7 Å². The first kappa shape index (κ1) is 110. The summed E-state index contributed by atoms with van der Waals surface area (Å²) in [7, 11) is -30.8. The fourth-order valence-corrected chi connectivity index (χ4v) is 24.3. The minimum Gasteiger partial charge on any atom is -0.768 e. The standard InChI is InChI=1S/C17H14Cl2NO5PS2.C11H11ClNO5PS2.C7H12NO5PS2.C6H5ClO.C5H8NO5PS2.C4H3ClO2S2.C4H5NO2S2.C3H9BrSi.2H3N.H2O/c18-13-4-1-6-15(10-13)24-26(21,25-16-7-2-5-14(19)11-16)12-20-28(22,23)17-8-3-9-27-17;12-9-3-1-4-10(7-9)18-19(14,15)8-13-21(16,17)11-5-2-6-20-11;1-12-14(9,13-2)6-8-16(10,11)7-4-3-5-15-7;7-5-2-1-3-6(8)4-5;7-12(8,9)4-6-14(10,11)5-2-1-3-13-5;2*5-9(6,7)4-2-1-3-8-4;1-5(2,3)4;;;/h1-11,20H,12H2;1-7,13H,8H2,(H,14,15);3-5,8H,6H2,1-2H3;1-4,8H;1-3,6H,4H2,(H2,7,8,9);1-3H;1-3H,(H2,5,6,7);1-3H3;2*1H3;1H2. The molecule has 1 atom stereocenters. The van der Waals surface area contributed by atoms with Crippen LogP contribution in [0.3, 0.4) is 0 Å². The lowest BCUT2D eigenvalue weighted by atomic mass is 10.3. The van der Waals surface area contributed by atoms with Gasteiger partial charge < -0.3 is 60.2 Å². The van der Waals surface area contributed by atoms with Crippen LogP contribution in [0.2, 0.25) is 39.7 Å². The quantitative estimate of drug-likeness (QED) is 0.0104. The van der Waals surface area contributed by atoms with Gasteiger partial charge in [-0.15, -0.1) is 83.3 Å². The lowest BCUT2D eigenvalue weighted by Gasteiger charge is -2.24. The smallest absolute Gasteiger partial charge is 0.445 e. The Balaban J connectivity index is 0.00000133. The van der Waals surface area contributed by atoms with Crippen molar-refractivity contribution in [1.29, 1.82) is 0 Å². The molecule has 0 bridgehead atoms. The van der Waals surface area contributed by atoms with Crippen LogP contribution < -0.4 is 54.8 Å². The number of phenolic OH excluding ortho intramolecular Hbond substituents is 1. The van der Waals surface area contributed by atoms with Gasteiger partial charge in [0.15, 0.2) is 7.60 Å². The van der Waals surface area contributed by atoms with E-state index >= 15 is 0 Å². The Labute approximate surface area is 711 Å². The molecule has 0 amide bonds. The SMILES string of the molecule is COP(=O)(CNS(=O)(=O)c1cccs1)OC.C[Si](C)(C)Br.N.NS(=O)(=O)c1cccs1.O.O=P(CNS(=O)(=O)c1cccs1)(Oc1cccc(Cl)c1)Oc1cccc(Cl)c1.O=P(O)(O)CNS(=O)(=O)c1cccs1.O=P([O-])(CNS(=O)(=O)c1cccs1)Oc1cccc(Cl)c1.O=S(=O)(Cl)c1cccs1.Oc1cccc(Cl)c1.[NH4+]. The molecule has 0 saturated carbocycles. The number of phenols is 1. The van der Waals surface area contributed by atoms with Crippen molar-refractivity contribution in [2.75, 3.05) is 39.4 Å². The summed E-state index contributed by atoms with van der Waals surface area (Å²) in [4.78, 5) is 28.7. The van der Waals surface area contributed by atoms with E-state index in [1.165, 1.54) is 105 Å². The van der Waals surface area contributed by atoms with Crippen molar-refractivity contribution in [3.8, 4) is 23.0 Å². The summed E-state index contributed by atoms with van der Waals surface area (Å²) >= 11 is 32.9. The first-order chi connectivity index (χ1) is 50.8. The number of halogens is 6. The van der Waals surface area contributed by atoms with E-state index in [9.17, 15) is 73.7 Å². The highest BCUT2D eigenvalue weighted by atomic mass is 79.9. The lowest BCUT2D eigenvalue weighted by Crippen LogP contribution is -2.28. The van der Waals surface area contributed by atoms with Crippen molar-refractivity contribution in [3.05, 3.63) is 222 Å². The number of quaternary nitrogens is 1. The number of hydrogen-bond donors (Lipinski definition) is 10. The first-order valence-corrected chi connectivity index (χ1v) is 58.4. The summed E-state index contributed by atoms with van der Waals surface area (Å²) < 4.78 is 217. The maximum Gasteiger partial charge on any atom is 0.445 e. The lowest BCUT2D eigenvalue weighted by molar-refractivity contribution is -0.191. The maximum absolute atomic E-state index is 13.3. The van der Waals surface area contributed by atoms with Crippen LogP contribution in [0.4, 0.5) is 0 Å². The molecule has 0 aliphatic rings. The predicted molar refractivity (Wildman–Crippen MR) is 456 cm³/mol. The number of primary sulfonamides is 1. The van der Waals surface area contributed by atoms with E-state index in [2.05, 4.69) is 53.4 Å². The molecular formula is C57H75BrCl5N7O26P4S12Si. The van der Waals surface area contributed by atoms with Crippen LogP contribution in [0.15, 0.2) is 227 Å². The first-order valence-electron chi connectivity index (χ1n) is 29.1. The summed E-state index contributed by atoms with van der Waals surface area (Å²) in [6.45, 7) is 5.93. The molecule has 18 N–H and O–H groups in total. The van der Waals surface area contributed by atoms with Crippen molar-refractivity contribution in [1.82, 2.24) is 31.2 Å². The van der Waals surface area contributed by atoms with Crippen LogP contribution in [0.5, 0.6) is 23.0 Å². The molecule has 33 nitrogen and oxygen atoms in total. The second-order valence-electron chi connectivity index (χ2n) is 20.9. The van der Waals surface area contributed by atoms with E-state index in [0.717, 1.165) is 68.0 Å². The number of nitrogens with one attached hydrogen (secondary N) is 4. The third-order valence-corrected chi connectivity index (χ3v) is 34.0. The fourth-order valence-electron chi connectivity index (χ4n) is 6.29. The number of benzene rings is 4. The highest BCUT2D eigenvalue weighted by Gasteiger charge is 2.32. The van der Waals surface area contributed by atoms with Gasteiger partial charge in [0.25, 0.3) is 49.1 Å². The molecule has 113 heavy (non-hydrogen) atoms. The Bertz CT molecular complexity index is 5250. The van der Waals surface area contributed by atoms with E-state index in [1.54, 1.807) is 111 Å². The fraction of sp³-hybridized carbons (Fsp3) is 0.158. The van der Waals surface area contributed by atoms with Crippen molar-refractivity contribution in [2.45, 2.75) is 44.9 Å². The average molecular weight is 2070 g/mol. The third kappa shape index (κ3) is 46.1. The Kier molecular flexibility index (Phi) is 49.0. The monoisotopic (exact) mass is 2060 g/mol. The van der Waals surface area contributed by atoms with Gasteiger partial charge in [-0.3, -0.25) is 13.7 Å². The number of hydrogen-bond acceptors (Lipinski definition) is 30. The molecule has 10 aromatic rings. The van der Waals surface area contributed by atoms with Crippen LogP contribution in [-0.2, 0) is 86.5 Å². The Morgan fingerprint density at radius 3 is 0.938 bits per heavy atom. The molecule has 0 aliphatic carbocycles. The summed E-state index contributed by atoms with van der Waals surface area (Å²) in [6.07, 6.45) is -2.71. The molecule has 1 unspecified atom stereocenters. The van der Waals surface area contributed by atoms with Gasteiger partial charge in [-0.25, -0.2) is 64.9 Å². The highest BCUT2D eigenvalue weighted by molar-refractivity contribution is 9.26. The molecule has 56 heteroatoms. The van der Waals surface area contributed by atoms with E-state index in [0.29, 0.717) is 20.1 Å². The molecule has 632 valence electrons. The van der Waals surface area contributed by atoms with E-state index < -0.39 is 115 Å². The summed E-state index contributed by atoms with van der Waals surface area (Å²) in [5.41, 5.74) is 0. The summed E-state index contributed by atoms with van der Waals surface area (Å²) in [5.74, 6) is 0.579. The number of rotatable bonds is 26. The van der Waals surface area contributed by atoms with Crippen molar-refractivity contribution >= 4 is 237 Å². The Morgan fingerprint density at radius 2 is 0.708 bits per heavy atom. The molecule has 0 aliphatic heterocycles. The van der Waals surface area contributed by atoms with Crippen LogP contribution >= 0.6 is 171 Å². The second-order valence-corrected chi connectivity index (χ2v) is 59.7. The predicted octanol–water partition coefficient (Wildman–Crippen LogP) is 15.6. The van der Waals surface area contributed by atoms with Gasteiger partial charge in [-0.05, 0) is 141 Å². The molecule has 6 aromatic heterocycles. The largest absolute Gasteiger partial charge is 0.768 e. The van der Waals surface area contributed by atoms with Gasteiger partial charge in [-0.1, -0.05) is 127 Å². The van der Waals surface area contributed by atoms with Crippen LogP contribution in [0.1, 0.15) is 0 Å². The molecule has 0 saturated heterocycles. The van der Waals surface area contributed by atoms with Crippen molar-refractivity contribution < 1.29 is 117 Å². The Hall–Kier alpha value is -3.47. The van der Waals surface area contributed by atoms with Crippen LogP contribution in [-0.4, -0.2) is 117 Å². The van der Waals surface area contributed by atoms with E-state index in [-0.39, 0.29) is 72.3 Å². The number of thiophene rings is 6. The maximum atomic E-state index is 13.3. The molecule has 4 aromatic carbocycles. The third-order valence-electron chi connectivity index (χ3n) is 10.8. The minimum atomic E-state index is -4.43. The molecule has 0 spiro atoms. The molecule has 6 heterocycles. The average Bonchev–Trinajstić information content (AvgIpc) is 1.64. The zero-order valence-electron chi connectivity index (χ0n) is 59.0. The summed E-state index contributed by atoms with van der Waals surface area (Å²) in [5, 5.41) is 24.8. The molecule has 0 fully saturated rings. The van der Waals surface area contributed by atoms with Gasteiger partial charge in [0.05, 0.1) is 6.29 Å². The number of sulfonamides is 5. The van der Waals surface area contributed by atoms with E-state index in [1.807, 2.05) is 9.44 Å². The van der Waals surface area contributed by atoms with Crippen LogP contribution in [0.25, 0.3) is 0 Å². The van der Waals surface area contributed by atoms with Gasteiger partial charge in [0, 0.05) is 45.0 Å². The van der Waals surface area contributed by atoms with Gasteiger partial charge in [-0.2, -0.15) is 14.2 Å². The van der Waals surface area contributed by atoms with Crippen molar-refractivity contribution in [3.63, 3.8) is 0 Å². The number of aromatic hydroxyl groups is 1. The minimum absolute atomic E-state index is 0. The highest BCUT2D eigenvalue weighted by Crippen LogP contribution is 2.49. The molecule has 10 rings (SSSR count). The zero-order valence-corrected chi connectivity index (χ0v) is 78.8. The Morgan fingerprint density at radius 1 is 0.442 bits per heavy atom. The normalized spacial score (nSPS) is 12.1. The van der Waals surface area contributed by atoms with Gasteiger partial charge >= 0.3 is 22.8 Å². The summed E-state index contributed by atoms with van der Waals surface area (Å²) in [6, 6.07) is 42.9. The molecular weight excluding hydrogens is 1990 g/mol. The zero-order chi connectivity index (χ0) is 83.1. The molecule has 0 radical (unpaired) electrons. The van der Waals surface area contributed by atoms with Crippen LogP contribution in [0, 0.1) is 0 Å². The second kappa shape index (κ2) is 50.6. The van der Waals surface area contributed by atoms with Gasteiger partial charge in [0.1, 0.15) is 73.8 Å². The topological polar surface area (TPSA) is 580 Å². The van der Waals surface area contributed by atoms with Gasteiger partial charge in [0.2, 0.25) is 10.0 Å². The number of nitrogens with two attached hydrogens (primary N) is 1.